The van der Waals surface area contributed by atoms with Crippen LogP contribution in [0.3, 0.4) is 0 Å². The van der Waals surface area contributed by atoms with E-state index in [0.29, 0.717) is 43.4 Å². The lowest BCUT2D eigenvalue weighted by Crippen LogP contribution is -2.42. The summed E-state index contributed by atoms with van der Waals surface area (Å²) in [5, 5.41) is 14.2. The number of amides is 1. The third kappa shape index (κ3) is 5.89. The summed E-state index contributed by atoms with van der Waals surface area (Å²) < 4.78 is 12.9. The summed E-state index contributed by atoms with van der Waals surface area (Å²) in [7, 11) is 0. The molecule has 5 rings (SSSR count). The second kappa shape index (κ2) is 12.1. The molecule has 9 nitrogen and oxygen atoms in total. The minimum absolute atomic E-state index is 0.0888. The molecule has 3 heterocycles. The number of fused-ring (bicyclic) bond motifs is 1. The van der Waals surface area contributed by atoms with Crippen LogP contribution in [0.2, 0.25) is 0 Å². The molecule has 1 atom stereocenters. The van der Waals surface area contributed by atoms with Gasteiger partial charge in [-0.05, 0) is 41.0 Å². The van der Waals surface area contributed by atoms with Gasteiger partial charge < -0.3 is 19.5 Å². The molecule has 4 aromatic rings. The highest BCUT2D eigenvalue weighted by molar-refractivity contribution is 6.03. The highest BCUT2D eigenvalue weighted by atomic mass is 16.5. The maximum Gasteiger partial charge on any atom is 0.302 e. The second-order valence-electron chi connectivity index (χ2n) is 9.81. The SMILES string of the molecule is CC(=O)OCC(C)c1ccc(COc2ccc(-c3c(-c4ccncc4)nn4c3C(=O)N(CCO)CC4)cc2)cc1. The van der Waals surface area contributed by atoms with Crippen LogP contribution < -0.4 is 4.74 Å². The van der Waals surface area contributed by atoms with Gasteiger partial charge in [-0.25, -0.2) is 0 Å². The van der Waals surface area contributed by atoms with Crippen molar-refractivity contribution >= 4 is 11.9 Å². The number of esters is 1. The number of nitrogens with zero attached hydrogens (tertiary/aromatic N) is 4. The van der Waals surface area contributed by atoms with Gasteiger partial charge in [0.25, 0.3) is 5.91 Å². The average Bonchev–Trinajstić information content (AvgIpc) is 3.38. The van der Waals surface area contributed by atoms with E-state index in [-0.39, 0.29) is 30.9 Å². The molecule has 0 bridgehead atoms. The molecule has 40 heavy (non-hydrogen) atoms. The second-order valence-corrected chi connectivity index (χ2v) is 9.81. The van der Waals surface area contributed by atoms with Gasteiger partial charge in [-0.1, -0.05) is 43.3 Å². The van der Waals surface area contributed by atoms with Gasteiger partial charge in [-0.3, -0.25) is 19.3 Å². The van der Waals surface area contributed by atoms with Crippen molar-refractivity contribution in [1.29, 1.82) is 0 Å². The number of hydrogen-bond donors (Lipinski definition) is 1. The van der Waals surface area contributed by atoms with Crippen LogP contribution in [0.4, 0.5) is 0 Å². The summed E-state index contributed by atoms with van der Waals surface area (Å²) in [6.45, 7) is 5.44. The fraction of sp³-hybridized carbons (Fsp3) is 0.290. The minimum atomic E-state index is -0.278. The van der Waals surface area contributed by atoms with Crippen molar-refractivity contribution in [3.63, 3.8) is 0 Å². The van der Waals surface area contributed by atoms with Crippen LogP contribution in [0, 0.1) is 0 Å². The molecule has 0 aliphatic carbocycles. The monoisotopic (exact) mass is 540 g/mol. The minimum Gasteiger partial charge on any atom is -0.489 e. The van der Waals surface area contributed by atoms with Crippen molar-refractivity contribution in [3.8, 4) is 28.1 Å². The number of pyridine rings is 1. The van der Waals surface area contributed by atoms with E-state index in [4.69, 9.17) is 14.6 Å². The normalized spacial score (nSPS) is 13.6. The Bertz CT molecular complexity index is 1470. The van der Waals surface area contributed by atoms with E-state index >= 15 is 0 Å². The van der Waals surface area contributed by atoms with E-state index in [9.17, 15) is 14.7 Å². The summed E-state index contributed by atoms with van der Waals surface area (Å²) in [6, 6.07) is 19.5. The standard InChI is InChI=1S/C31H32N4O5/c1-21(19-39-22(2)37)24-5-3-23(4-6-24)20-40-27-9-7-25(8-10-27)28-29(26-11-13-32-14-12-26)33-35-16-15-34(17-18-36)31(38)30(28)35/h3-14,21,36H,15-20H2,1-2H3. The maximum absolute atomic E-state index is 13.4. The van der Waals surface area contributed by atoms with E-state index in [2.05, 4.69) is 4.98 Å². The van der Waals surface area contributed by atoms with E-state index in [0.717, 1.165) is 27.8 Å². The number of ether oxygens (including phenoxy) is 2. The highest BCUT2D eigenvalue weighted by Crippen LogP contribution is 2.37. The quantitative estimate of drug-likeness (QED) is 0.299. The molecule has 1 aliphatic heterocycles. The van der Waals surface area contributed by atoms with Crippen LogP contribution in [-0.2, 0) is 22.7 Å². The fourth-order valence-corrected chi connectivity index (χ4v) is 4.79. The van der Waals surface area contributed by atoms with E-state index in [1.54, 1.807) is 22.0 Å². The first-order chi connectivity index (χ1) is 19.4. The number of hydrogen-bond acceptors (Lipinski definition) is 7. The topological polar surface area (TPSA) is 107 Å². The molecule has 1 unspecified atom stereocenters. The van der Waals surface area contributed by atoms with Crippen LogP contribution >= 0.6 is 0 Å². The smallest absolute Gasteiger partial charge is 0.302 e. The van der Waals surface area contributed by atoms with E-state index < -0.39 is 0 Å². The molecular weight excluding hydrogens is 508 g/mol. The first-order valence-electron chi connectivity index (χ1n) is 13.3. The number of carbonyl (C=O) groups excluding carboxylic acids is 2. The predicted molar refractivity (Wildman–Crippen MR) is 150 cm³/mol. The van der Waals surface area contributed by atoms with Gasteiger partial charge >= 0.3 is 5.97 Å². The van der Waals surface area contributed by atoms with Gasteiger partial charge in [-0.15, -0.1) is 0 Å². The molecule has 9 heteroatoms. The Kier molecular flexibility index (Phi) is 8.21. The molecule has 0 spiro atoms. The van der Waals surface area contributed by atoms with Gasteiger partial charge in [-0.2, -0.15) is 5.10 Å². The number of benzene rings is 2. The summed E-state index contributed by atoms with van der Waals surface area (Å²) >= 11 is 0. The van der Waals surface area contributed by atoms with Crippen molar-refractivity contribution in [1.82, 2.24) is 19.7 Å². The zero-order valence-corrected chi connectivity index (χ0v) is 22.6. The number of carbonyl (C=O) groups is 2. The van der Waals surface area contributed by atoms with Crippen molar-refractivity contribution in [2.45, 2.75) is 32.9 Å². The van der Waals surface area contributed by atoms with Crippen molar-refractivity contribution in [2.75, 3.05) is 26.3 Å². The molecular formula is C31H32N4O5. The molecule has 2 aromatic carbocycles. The van der Waals surface area contributed by atoms with Crippen LogP contribution in [0.5, 0.6) is 5.75 Å². The molecule has 1 aliphatic rings. The molecule has 0 radical (unpaired) electrons. The summed E-state index contributed by atoms with van der Waals surface area (Å²) in [5.74, 6) is 0.394. The average molecular weight is 541 g/mol. The van der Waals surface area contributed by atoms with E-state index in [1.165, 1.54) is 6.92 Å². The largest absolute Gasteiger partial charge is 0.489 e. The zero-order chi connectivity index (χ0) is 28.1. The van der Waals surface area contributed by atoms with Crippen molar-refractivity contribution < 1.29 is 24.2 Å². The number of rotatable bonds is 10. The van der Waals surface area contributed by atoms with Crippen LogP contribution in [-0.4, -0.2) is 63.0 Å². The molecule has 0 saturated carbocycles. The molecule has 206 valence electrons. The van der Waals surface area contributed by atoms with Gasteiger partial charge in [0.05, 0.1) is 19.8 Å². The van der Waals surface area contributed by atoms with E-state index in [1.807, 2.05) is 67.6 Å². The first-order valence-corrected chi connectivity index (χ1v) is 13.3. The fourth-order valence-electron chi connectivity index (χ4n) is 4.79. The maximum atomic E-state index is 13.4. The van der Waals surface area contributed by atoms with Crippen molar-refractivity contribution in [3.05, 3.63) is 89.9 Å². The van der Waals surface area contributed by atoms with Crippen molar-refractivity contribution in [2.24, 2.45) is 0 Å². The molecule has 1 amide bonds. The highest BCUT2D eigenvalue weighted by Gasteiger charge is 2.32. The molecule has 1 N–H and O–H groups in total. The summed E-state index contributed by atoms with van der Waals surface area (Å²) in [5.41, 5.74) is 5.83. The number of aromatic nitrogens is 3. The van der Waals surface area contributed by atoms with Gasteiger partial charge in [0, 0.05) is 49.5 Å². The Morgan fingerprint density at radius 3 is 2.40 bits per heavy atom. The lowest BCUT2D eigenvalue weighted by Gasteiger charge is -2.27. The van der Waals surface area contributed by atoms with Gasteiger partial charge in [0.15, 0.2) is 0 Å². The predicted octanol–water partition coefficient (Wildman–Crippen LogP) is 4.31. The van der Waals surface area contributed by atoms with Crippen LogP contribution in [0.25, 0.3) is 22.4 Å². The third-order valence-corrected chi connectivity index (χ3v) is 6.98. The zero-order valence-electron chi connectivity index (χ0n) is 22.6. The Hall–Kier alpha value is -4.50. The third-order valence-electron chi connectivity index (χ3n) is 6.98. The Balaban J connectivity index is 1.35. The number of aliphatic hydroxyl groups is 1. The summed E-state index contributed by atoms with van der Waals surface area (Å²) in [4.78, 5) is 30.2. The Morgan fingerprint density at radius 1 is 1.00 bits per heavy atom. The number of aliphatic hydroxyl groups excluding tert-OH is 1. The summed E-state index contributed by atoms with van der Waals surface area (Å²) in [6.07, 6.45) is 3.42. The molecule has 0 saturated heterocycles. The van der Waals surface area contributed by atoms with Gasteiger partial charge in [0.2, 0.25) is 0 Å². The van der Waals surface area contributed by atoms with Crippen LogP contribution in [0.15, 0.2) is 73.1 Å². The first kappa shape index (κ1) is 27.1. The van der Waals surface area contributed by atoms with Gasteiger partial charge in [0.1, 0.15) is 23.7 Å². The molecule has 0 fully saturated rings. The van der Waals surface area contributed by atoms with Crippen LogP contribution in [0.1, 0.15) is 41.4 Å². The Morgan fingerprint density at radius 2 is 1.73 bits per heavy atom. The number of β-amino-alcohol motifs (C(OH)–C–C–N with tert-alkyl or cyclic N) is 1. The lowest BCUT2D eigenvalue weighted by molar-refractivity contribution is -0.141. The molecule has 2 aromatic heterocycles. The lowest BCUT2D eigenvalue weighted by atomic mass is 9.98. The Labute approximate surface area is 233 Å².